The van der Waals surface area contributed by atoms with Crippen LogP contribution >= 0.6 is 11.6 Å². The summed E-state index contributed by atoms with van der Waals surface area (Å²) >= 11 is 6.11. The molecular weight excluding hydrogens is 258 g/mol. The molecule has 2 aromatic rings. The van der Waals surface area contributed by atoms with Crippen LogP contribution in [-0.2, 0) is 13.2 Å². The normalized spacial score (nSPS) is 10.4. The summed E-state index contributed by atoms with van der Waals surface area (Å²) < 4.78 is 15.3. The fraction of sp³-hybridized carbons (Fsp3) is 0.273. The quantitative estimate of drug-likeness (QED) is 0.891. The van der Waals surface area contributed by atoms with Gasteiger partial charge in [-0.25, -0.2) is 0 Å². The van der Waals surface area contributed by atoms with Crippen molar-refractivity contribution in [2.24, 2.45) is 5.73 Å². The molecule has 2 rings (SSSR count). The van der Waals surface area contributed by atoms with Gasteiger partial charge in [0.15, 0.2) is 18.1 Å². The van der Waals surface area contributed by atoms with Crippen LogP contribution in [0.2, 0.25) is 5.02 Å². The SMILES string of the molecule is COc1cc(CN)cc(Cl)c1OCc1ncon1. The third-order valence-electron chi connectivity index (χ3n) is 2.28. The van der Waals surface area contributed by atoms with Crippen LogP contribution in [0.25, 0.3) is 0 Å². The van der Waals surface area contributed by atoms with E-state index in [1.54, 1.807) is 12.1 Å². The zero-order valence-corrected chi connectivity index (χ0v) is 10.5. The summed E-state index contributed by atoms with van der Waals surface area (Å²) in [5, 5.41) is 4.06. The van der Waals surface area contributed by atoms with E-state index in [4.69, 9.17) is 26.8 Å². The van der Waals surface area contributed by atoms with Crippen LogP contribution in [0.4, 0.5) is 0 Å². The van der Waals surface area contributed by atoms with Crippen LogP contribution in [0, 0.1) is 0 Å². The first-order valence-corrected chi connectivity index (χ1v) is 5.57. The molecule has 2 N–H and O–H groups in total. The van der Waals surface area contributed by atoms with Crippen molar-refractivity contribution in [1.29, 1.82) is 0 Å². The van der Waals surface area contributed by atoms with E-state index < -0.39 is 0 Å². The second kappa shape index (κ2) is 5.70. The number of nitrogens with two attached hydrogens (primary N) is 1. The van der Waals surface area contributed by atoms with Gasteiger partial charge in [-0.15, -0.1) is 0 Å². The largest absolute Gasteiger partial charge is 0.493 e. The predicted octanol–water partition coefficient (Wildman–Crippen LogP) is 1.77. The van der Waals surface area contributed by atoms with Gasteiger partial charge in [-0.1, -0.05) is 16.8 Å². The summed E-state index contributed by atoms with van der Waals surface area (Å²) in [5.74, 6) is 1.38. The molecule has 0 saturated carbocycles. The van der Waals surface area contributed by atoms with Gasteiger partial charge in [0.05, 0.1) is 12.1 Å². The van der Waals surface area contributed by atoms with Crippen molar-refractivity contribution >= 4 is 11.6 Å². The van der Waals surface area contributed by atoms with Crippen molar-refractivity contribution in [1.82, 2.24) is 10.1 Å². The smallest absolute Gasteiger partial charge is 0.213 e. The third-order valence-corrected chi connectivity index (χ3v) is 2.56. The van der Waals surface area contributed by atoms with Crippen molar-refractivity contribution < 1.29 is 14.0 Å². The molecule has 1 heterocycles. The maximum Gasteiger partial charge on any atom is 0.213 e. The highest BCUT2D eigenvalue weighted by Gasteiger charge is 2.12. The Balaban J connectivity index is 2.20. The molecule has 0 aliphatic heterocycles. The lowest BCUT2D eigenvalue weighted by Crippen LogP contribution is -2.02. The van der Waals surface area contributed by atoms with Gasteiger partial charge < -0.3 is 19.7 Å². The Bertz CT molecular complexity index is 517. The Morgan fingerprint density at radius 1 is 1.44 bits per heavy atom. The molecule has 1 aromatic heterocycles. The van der Waals surface area contributed by atoms with Crippen molar-refractivity contribution in [3.05, 3.63) is 34.9 Å². The molecule has 0 aliphatic carbocycles. The third kappa shape index (κ3) is 2.72. The Kier molecular flexibility index (Phi) is 4.01. The lowest BCUT2D eigenvalue weighted by Gasteiger charge is -2.12. The van der Waals surface area contributed by atoms with E-state index in [1.807, 2.05) is 0 Å². The van der Waals surface area contributed by atoms with Gasteiger partial charge in [0.25, 0.3) is 0 Å². The molecule has 0 atom stereocenters. The maximum atomic E-state index is 6.11. The molecule has 0 radical (unpaired) electrons. The van der Waals surface area contributed by atoms with E-state index >= 15 is 0 Å². The molecule has 96 valence electrons. The van der Waals surface area contributed by atoms with Crippen LogP contribution in [0.1, 0.15) is 11.4 Å². The predicted molar refractivity (Wildman–Crippen MR) is 64.5 cm³/mol. The number of aromatic nitrogens is 2. The minimum absolute atomic E-state index is 0.147. The summed E-state index contributed by atoms with van der Waals surface area (Å²) in [4.78, 5) is 3.84. The number of halogens is 1. The van der Waals surface area contributed by atoms with Crippen molar-refractivity contribution in [3.8, 4) is 11.5 Å². The Labute approximate surface area is 109 Å². The van der Waals surface area contributed by atoms with Crippen molar-refractivity contribution in [3.63, 3.8) is 0 Å². The molecule has 7 heteroatoms. The molecule has 18 heavy (non-hydrogen) atoms. The summed E-state index contributed by atoms with van der Waals surface area (Å²) in [6, 6.07) is 3.51. The van der Waals surface area contributed by atoms with Gasteiger partial charge in [-0.3, -0.25) is 0 Å². The molecule has 0 unspecified atom stereocenters. The van der Waals surface area contributed by atoms with E-state index in [-0.39, 0.29) is 6.61 Å². The maximum absolute atomic E-state index is 6.11. The molecule has 0 bridgehead atoms. The molecule has 1 aromatic carbocycles. The first kappa shape index (κ1) is 12.7. The van der Waals surface area contributed by atoms with Crippen LogP contribution < -0.4 is 15.2 Å². The summed E-state index contributed by atoms with van der Waals surface area (Å²) in [7, 11) is 1.53. The molecule has 0 aliphatic rings. The van der Waals surface area contributed by atoms with Gasteiger partial charge in [-0.2, -0.15) is 4.98 Å². The van der Waals surface area contributed by atoms with Gasteiger partial charge in [-0.05, 0) is 17.7 Å². The van der Waals surface area contributed by atoms with E-state index in [2.05, 4.69) is 14.7 Å². The number of hydrogen-bond donors (Lipinski definition) is 1. The second-order valence-corrected chi connectivity index (χ2v) is 3.86. The number of methoxy groups -OCH3 is 1. The number of ether oxygens (including phenoxy) is 2. The number of benzene rings is 1. The average molecular weight is 270 g/mol. The van der Waals surface area contributed by atoms with Gasteiger partial charge in [0.2, 0.25) is 12.2 Å². The second-order valence-electron chi connectivity index (χ2n) is 3.45. The highest BCUT2D eigenvalue weighted by molar-refractivity contribution is 6.32. The zero-order chi connectivity index (χ0) is 13.0. The van der Waals surface area contributed by atoms with E-state index in [0.717, 1.165) is 5.56 Å². The number of hydrogen-bond acceptors (Lipinski definition) is 6. The van der Waals surface area contributed by atoms with Crippen LogP contribution in [0.3, 0.4) is 0 Å². The molecule has 6 nitrogen and oxygen atoms in total. The van der Waals surface area contributed by atoms with E-state index in [1.165, 1.54) is 13.5 Å². The van der Waals surface area contributed by atoms with Crippen LogP contribution in [0.15, 0.2) is 23.0 Å². The first-order valence-electron chi connectivity index (χ1n) is 5.19. The van der Waals surface area contributed by atoms with E-state index in [0.29, 0.717) is 28.9 Å². The topological polar surface area (TPSA) is 83.4 Å². The summed E-state index contributed by atoms with van der Waals surface area (Å²) in [6.07, 6.45) is 1.23. The Morgan fingerprint density at radius 2 is 2.28 bits per heavy atom. The van der Waals surface area contributed by atoms with Crippen molar-refractivity contribution in [2.75, 3.05) is 7.11 Å². The zero-order valence-electron chi connectivity index (χ0n) is 9.72. The molecule has 0 saturated heterocycles. The first-order chi connectivity index (χ1) is 8.74. The lowest BCUT2D eigenvalue weighted by atomic mass is 10.2. The Hall–Kier alpha value is -1.79. The number of nitrogens with zero attached hydrogens (tertiary/aromatic N) is 2. The van der Waals surface area contributed by atoms with Crippen molar-refractivity contribution in [2.45, 2.75) is 13.2 Å². The Morgan fingerprint density at radius 3 is 2.89 bits per heavy atom. The van der Waals surface area contributed by atoms with Crippen LogP contribution in [-0.4, -0.2) is 17.3 Å². The summed E-state index contributed by atoms with van der Waals surface area (Å²) in [6.45, 7) is 0.524. The molecule has 0 spiro atoms. The fourth-order valence-electron chi connectivity index (χ4n) is 1.42. The minimum Gasteiger partial charge on any atom is -0.493 e. The monoisotopic (exact) mass is 269 g/mol. The van der Waals surface area contributed by atoms with E-state index in [9.17, 15) is 0 Å². The standard InChI is InChI=1S/C11H12ClN3O3/c1-16-9-3-7(4-13)2-8(12)11(9)17-5-10-14-6-18-15-10/h2-3,6H,4-5,13H2,1H3. The van der Waals surface area contributed by atoms with Gasteiger partial charge in [0.1, 0.15) is 0 Å². The van der Waals surface area contributed by atoms with Crippen LogP contribution in [0.5, 0.6) is 11.5 Å². The molecular formula is C11H12ClN3O3. The molecule has 0 fully saturated rings. The van der Waals surface area contributed by atoms with Gasteiger partial charge >= 0.3 is 0 Å². The highest BCUT2D eigenvalue weighted by Crippen LogP contribution is 2.36. The number of rotatable bonds is 5. The highest BCUT2D eigenvalue weighted by atomic mass is 35.5. The lowest BCUT2D eigenvalue weighted by molar-refractivity contribution is 0.270. The fourth-order valence-corrected chi connectivity index (χ4v) is 1.71. The molecule has 0 amide bonds. The minimum atomic E-state index is 0.147. The average Bonchev–Trinajstić information content (AvgIpc) is 2.89. The summed E-state index contributed by atoms with van der Waals surface area (Å²) in [5.41, 5.74) is 6.42. The van der Waals surface area contributed by atoms with Gasteiger partial charge in [0, 0.05) is 6.54 Å².